The Labute approximate surface area is 151 Å². The molecule has 0 spiro atoms. The van der Waals surface area contributed by atoms with Gasteiger partial charge in [-0.15, -0.1) is 11.3 Å². The lowest BCUT2D eigenvalue weighted by Gasteiger charge is -2.37. The Bertz CT molecular complexity index is 817. The highest BCUT2D eigenvalue weighted by Gasteiger charge is 2.35. The van der Waals surface area contributed by atoms with E-state index in [1.807, 2.05) is 31.3 Å². The molecule has 0 radical (unpaired) electrons. The van der Waals surface area contributed by atoms with E-state index < -0.39 is 5.60 Å². The minimum atomic E-state index is -0.791. The fourth-order valence-electron chi connectivity index (χ4n) is 3.30. The highest BCUT2D eigenvalue weighted by Crippen LogP contribution is 2.33. The first kappa shape index (κ1) is 16.4. The molecule has 1 aliphatic heterocycles. The maximum atomic E-state index is 10.9. The quantitative estimate of drug-likeness (QED) is 0.754. The summed E-state index contributed by atoms with van der Waals surface area (Å²) in [5.41, 5.74) is 2.20. The lowest BCUT2D eigenvalue weighted by Crippen LogP contribution is -2.42. The molecule has 0 aromatic carbocycles. The molecule has 1 aliphatic rings. The molecule has 1 fully saturated rings. The first-order valence-corrected chi connectivity index (χ1v) is 9.40. The number of hydrogen-bond donors (Lipinski definition) is 2. The second-order valence-electron chi connectivity index (χ2n) is 6.76. The summed E-state index contributed by atoms with van der Waals surface area (Å²) in [5.74, 6) is 0. The topological polar surface area (TPSA) is 65.0 Å². The van der Waals surface area contributed by atoms with Gasteiger partial charge in [0.25, 0.3) is 0 Å². The summed E-state index contributed by atoms with van der Waals surface area (Å²) in [6, 6.07) is 10.3. The van der Waals surface area contributed by atoms with E-state index in [1.165, 1.54) is 9.75 Å². The molecule has 5 nitrogen and oxygen atoms in total. The maximum absolute atomic E-state index is 10.9. The van der Waals surface area contributed by atoms with Crippen molar-refractivity contribution in [3.05, 3.63) is 58.9 Å². The van der Waals surface area contributed by atoms with Crippen molar-refractivity contribution in [2.75, 3.05) is 13.1 Å². The number of aromatic amines is 1. The second kappa shape index (κ2) is 6.71. The molecule has 1 saturated heterocycles. The predicted molar refractivity (Wildman–Crippen MR) is 99.3 cm³/mol. The summed E-state index contributed by atoms with van der Waals surface area (Å²) in [6.45, 7) is 4.70. The lowest BCUT2D eigenvalue weighted by molar-refractivity contribution is -0.0309. The first-order chi connectivity index (χ1) is 12.1. The summed E-state index contributed by atoms with van der Waals surface area (Å²) in [7, 11) is 0. The lowest BCUT2D eigenvalue weighted by atomic mass is 9.87. The van der Waals surface area contributed by atoms with Crippen LogP contribution in [0.1, 0.15) is 29.0 Å². The summed E-state index contributed by atoms with van der Waals surface area (Å²) in [6.07, 6.45) is 5.06. The van der Waals surface area contributed by atoms with Crippen molar-refractivity contribution in [2.24, 2.45) is 0 Å². The third-order valence-electron chi connectivity index (χ3n) is 4.88. The van der Waals surface area contributed by atoms with Crippen LogP contribution in [0, 0.1) is 6.92 Å². The Morgan fingerprint density at radius 1 is 1.20 bits per heavy atom. The average molecular weight is 354 g/mol. The number of likely N-dealkylation sites (tertiary alicyclic amines) is 1. The van der Waals surface area contributed by atoms with Crippen LogP contribution in [0.3, 0.4) is 0 Å². The van der Waals surface area contributed by atoms with E-state index in [0.29, 0.717) is 0 Å². The van der Waals surface area contributed by atoms with Gasteiger partial charge in [-0.25, -0.2) is 0 Å². The van der Waals surface area contributed by atoms with E-state index in [1.54, 1.807) is 17.5 Å². The molecule has 3 aromatic rings. The normalized spacial score (nSPS) is 17.7. The van der Waals surface area contributed by atoms with Crippen molar-refractivity contribution >= 4 is 11.3 Å². The number of hydrogen-bond acceptors (Lipinski definition) is 5. The van der Waals surface area contributed by atoms with Crippen LogP contribution in [0.15, 0.2) is 42.7 Å². The molecule has 25 heavy (non-hydrogen) atoms. The summed E-state index contributed by atoms with van der Waals surface area (Å²) >= 11 is 1.79. The van der Waals surface area contributed by atoms with Crippen LogP contribution in [-0.4, -0.2) is 38.3 Å². The SMILES string of the molecule is Cc1ccc(C2(O)CCN(Cc3ccc(-c4ccn[nH]4)s3)CC2)nc1. The molecule has 3 aromatic heterocycles. The van der Waals surface area contributed by atoms with Crippen LogP contribution in [0.5, 0.6) is 0 Å². The third-order valence-corrected chi connectivity index (χ3v) is 5.98. The summed E-state index contributed by atoms with van der Waals surface area (Å²) < 4.78 is 0. The number of aliphatic hydroxyl groups is 1. The Kier molecular flexibility index (Phi) is 4.41. The highest BCUT2D eigenvalue weighted by molar-refractivity contribution is 7.15. The van der Waals surface area contributed by atoms with Crippen molar-refractivity contribution < 1.29 is 5.11 Å². The molecule has 0 atom stereocenters. The van der Waals surface area contributed by atoms with Crippen molar-refractivity contribution in [3.63, 3.8) is 0 Å². The van der Waals surface area contributed by atoms with Gasteiger partial charge < -0.3 is 5.11 Å². The summed E-state index contributed by atoms with van der Waals surface area (Å²) in [5, 5.41) is 18.0. The van der Waals surface area contributed by atoms with E-state index in [4.69, 9.17) is 0 Å². The first-order valence-electron chi connectivity index (χ1n) is 8.59. The van der Waals surface area contributed by atoms with Gasteiger partial charge in [0.05, 0.1) is 16.3 Å². The smallest absolute Gasteiger partial charge is 0.109 e. The standard InChI is InChI=1S/C19H22N4OS/c1-14-2-5-18(20-12-14)19(24)7-10-23(11-8-19)13-15-3-4-17(25-15)16-6-9-21-22-16/h2-6,9,12,24H,7-8,10-11,13H2,1H3,(H,21,22). The van der Waals surface area contributed by atoms with Crippen molar-refractivity contribution in [1.82, 2.24) is 20.1 Å². The molecule has 4 rings (SSSR count). The number of aromatic nitrogens is 3. The van der Waals surface area contributed by atoms with Crippen molar-refractivity contribution in [3.8, 4) is 10.6 Å². The molecule has 130 valence electrons. The zero-order valence-corrected chi connectivity index (χ0v) is 15.1. The Hall–Kier alpha value is -2.02. The van der Waals surface area contributed by atoms with Crippen LogP contribution in [0.2, 0.25) is 0 Å². The van der Waals surface area contributed by atoms with Gasteiger partial charge in [0.1, 0.15) is 5.60 Å². The Balaban J connectivity index is 1.38. The Morgan fingerprint density at radius 3 is 2.72 bits per heavy atom. The fourth-order valence-corrected chi connectivity index (χ4v) is 4.33. The number of H-pyrrole nitrogens is 1. The average Bonchev–Trinajstić information content (AvgIpc) is 3.29. The van der Waals surface area contributed by atoms with E-state index in [2.05, 4.69) is 32.2 Å². The Morgan fingerprint density at radius 2 is 2.04 bits per heavy atom. The van der Waals surface area contributed by atoms with Gasteiger partial charge in [0.15, 0.2) is 0 Å². The van der Waals surface area contributed by atoms with E-state index in [-0.39, 0.29) is 0 Å². The van der Waals surface area contributed by atoms with Crippen molar-refractivity contribution in [2.45, 2.75) is 31.9 Å². The number of aryl methyl sites for hydroxylation is 1. The number of rotatable bonds is 4. The molecule has 0 saturated carbocycles. The largest absolute Gasteiger partial charge is 0.383 e. The van der Waals surface area contributed by atoms with Crippen molar-refractivity contribution in [1.29, 1.82) is 0 Å². The maximum Gasteiger partial charge on any atom is 0.109 e. The molecule has 0 aliphatic carbocycles. The van der Waals surface area contributed by atoms with Gasteiger partial charge in [-0.1, -0.05) is 6.07 Å². The fraction of sp³-hybridized carbons (Fsp3) is 0.368. The number of pyridine rings is 1. The third kappa shape index (κ3) is 3.51. The zero-order chi connectivity index (χ0) is 17.3. The van der Waals surface area contributed by atoms with E-state index >= 15 is 0 Å². The minimum Gasteiger partial charge on any atom is -0.383 e. The van der Waals surface area contributed by atoms with Gasteiger partial charge in [-0.05, 0) is 49.6 Å². The van der Waals surface area contributed by atoms with Gasteiger partial charge >= 0.3 is 0 Å². The van der Waals surface area contributed by atoms with Crippen LogP contribution >= 0.6 is 11.3 Å². The summed E-state index contributed by atoms with van der Waals surface area (Å²) in [4.78, 5) is 9.40. The van der Waals surface area contributed by atoms with Gasteiger partial charge in [0.2, 0.25) is 0 Å². The monoisotopic (exact) mass is 354 g/mol. The molecular formula is C19H22N4OS. The van der Waals surface area contributed by atoms with Gasteiger partial charge in [0, 0.05) is 36.9 Å². The minimum absolute atomic E-state index is 0.724. The second-order valence-corrected chi connectivity index (χ2v) is 7.93. The molecule has 6 heteroatoms. The molecule has 0 bridgehead atoms. The van der Waals surface area contributed by atoms with Crippen LogP contribution in [-0.2, 0) is 12.1 Å². The molecule has 0 unspecified atom stereocenters. The molecular weight excluding hydrogens is 332 g/mol. The molecule has 2 N–H and O–H groups in total. The number of thiophene rings is 1. The molecule has 4 heterocycles. The van der Waals surface area contributed by atoms with E-state index in [0.717, 1.165) is 49.4 Å². The van der Waals surface area contributed by atoms with Crippen LogP contribution in [0.4, 0.5) is 0 Å². The van der Waals surface area contributed by atoms with E-state index in [9.17, 15) is 5.11 Å². The molecule has 0 amide bonds. The van der Waals surface area contributed by atoms with Crippen LogP contribution < -0.4 is 0 Å². The predicted octanol–water partition coefficient (Wildman–Crippen LogP) is 3.33. The number of nitrogens with one attached hydrogen (secondary N) is 1. The van der Waals surface area contributed by atoms with Crippen LogP contribution in [0.25, 0.3) is 10.6 Å². The number of piperidine rings is 1. The number of nitrogens with zero attached hydrogens (tertiary/aromatic N) is 3. The zero-order valence-electron chi connectivity index (χ0n) is 14.3. The highest BCUT2D eigenvalue weighted by atomic mass is 32.1. The van der Waals surface area contributed by atoms with Gasteiger partial charge in [-0.3, -0.25) is 15.0 Å². The van der Waals surface area contributed by atoms with Gasteiger partial charge in [-0.2, -0.15) is 5.10 Å².